The van der Waals surface area contributed by atoms with Crippen molar-refractivity contribution in [3.05, 3.63) is 34.9 Å². The molecule has 0 aromatic heterocycles. The third kappa shape index (κ3) is 5.43. The molecule has 1 amide bonds. The molecule has 1 atom stereocenters. The van der Waals surface area contributed by atoms with Gasteiger partial charge in [0.25, 0.3) is 0 Å². The Morgan fingerprint density at radius 3 is 2.89 bits per heavy atom. The lowest BCUT2D eigenvalue weighted by Crippen LogP contribution is -2.46. The van der Waals surface area contributed by atoms with E-state index in [-0.39, 0.29) is 5.91 Å². The van der Waals surface area contributed by atoms with Crippen molar-refractivity contribution in [2.24, 2.45) is 0 Å². The Hall–Kier alpha value is -0.710. The largest absolute Gasteiger partial charge is 0.351 e. The van der Waals surface area contributed by atoms with Gasteiger partial charge in [-0.2, -0.15) is 0 Å². The molecule has 0 spiro atoms. The Balaban J connectivity index is 1.64. The molecular formula is C14H19ClN2OS. The number of hydrogen-bond acceptors (Lipinski definition) is 3. The molecule has 1 unspecified atom stereocenters. The topological polar surface area (TPSA) is 41.1 Å². The Labute approximate surface area is 123 Å². The molecule has 1 aromatic rings. The minimum atomic E-state index is 0.132. The van der Waals surface area contributed by atoms with E-state index in [1.807, 2.05) is 24.3 Å². The Bertz CT molecular complexity index is 404. The van der Waals surface area contributed by atoms with Gasteiger partial charge in [0.05, 0.1) is 5.75 Å². The molecule has 3 nitrogen and oxygen atoms in total. The van der Waals surface area contributed by atoms with E-state index in [1.165, 1.54) is 5.56 Å². The summed E-state index contributed by atoms with van der Waals surface area (Å²) in [7, 11) is 0. The van der Waals surface area contributed by atoms with Crippen molar-refractivity contribution >= 4 is 29.3 Å². The number of amides is 1. The van der Waals surface area contributed by atoms with E-state index in [1.54, 1.807) is 11.8 Å². The molecule has 0 radical (unpaired) electrons. The van der Waals surface area contributed by atoms with Crippen LogP contribution >= 0.6 is 23.4 Å². The molecule has 104 valence electrons. The molecule has 0 bridgehead atoms. The highest BCUT2D eigenvalue weighted by atomic mass is 35.5. The van der Waals surface area contributed by atoms with Gasteiger partial charge >= 0.3 is 0 Å². The number of rotatable bonds is 5. The average molecular weight is 299 g/mol. The zero-order valence-electron chi connectivity index (χ0n) is 10.8. The SMILES string of the molecule is O=C(CSCc1ccc(Cl)cc1)NC1CCCNC1. The third-order valence-corrected chi connectivity index (χ3v) is 4.33. The number of carbonyl (C=O) groups excluding carboxylic acids is 1. The molecule has 1 aliphatic heterocycles. The first kappa shape index (κ1) is 14.7. The van der Waals surface area contributed by atoms with Crippen LogP contribution in [0.1, 0.15) is 18.4 Å². The molecule has 1 fully saturated rings. The number of nitrogens with one attached hydrogen (secondary N) is 2. The number of carbonyl (C=O) groups is 1. The highest BCUT2D eigenvalue weighted by Gasteiger charge is 2.14. The minimum Gasteiger partial charge on any atom is -0.351 e. The van der Waals surface area contributed by atoms with E-state index < -0.39 is 0 Å². The number of benzene rings is 1. The summed E-state index contributed by atoms with van der Waals surface area (Å²) in [6.07, 6.45) is 2.23. The van der Waals surface area contributed by atoms with Crippen LogP contribution in [0.2, 0.25) is 5.02 Å². The standard InChI is InChI=1S/C14H19ClN2OS/c15-12-5-3-11(4-6-12)9-19-10-14(18)17-13-2-1-7-16-8-13/h3-6,13,16H,1-2,7-10H2,(H,17,18). The summed E-state index contributed by atoms with van der Waals surface area (Å²) in [6.45, 7) is 1.96. The second-order valence-electron chi connectivity index (χ2n) is 4.73. The smallest absolute Gasteiger partial charge is 0.230 e. The third-order valence-electron chi connectivity index (χ3n) is 3.08. The van der Waals surface area contributed by atoms with E-state index in [9.17, 15) is 4.79 Å². The first-order chi connectivity index (χ1) is 9.24. The van der Waals surface area contributed by atoms with Gasteiger partial charge in [-0.1, -0.05) is 23.7 Å². The summed E-state index contributed by atoms with van der Waals surface area (Å²) < 4.78 is 0. The first-order valence-electron chi connectivity index (χ1n) is 6.56. The number of piperidine rings is 1. The fraction of sp³-hybridized carbons (Fsp3) is 0.500. The Kier molecular flexibility index (Phi) is 6.01. The summed E-state index contributed by atoms with van der Waals surface area (Å²) in [6, 6.07) is 8.06. The van der Waals surface area contributed by atoms with E-state index in [0.29, 0.717) is 11.8 Å². The van der Waals surface area contributed by atoms with Crippen LogP contribution < -0.4 is 10.6 Å². The van der Waals surface area contributed by atoms with Crippen LogP contribution in [-0.4, -0.2) is 30.8 Å². The minimum absolute atomic E-state index is 0.132. The van der Waals surface area contributed by atoms with Gasteiger partial charge in [0, 0.05) is 23.4 Å². The van der Waals surface area contributed by atoms with Crippen molar-refractivity contribution < 1.29 is 4.79 Å². The molecule has 1 saturated heterocycles. The normalized spacial score (nSPS) is 19.1. The van der Waals surface area contributed by atoms with Crippen LogP contribution in [0.5, 0.6) is 0 Å². The predicted octanol–water partition coefficient (Wildman–Crippen LogP) is 2.44. The van der Waals surface area contributed by atoms with Gasteiger partial charge in [-0.15, -0.1) is 11.8 Å². The maximum atomic E-state index is 11.8. The highest BCUT2D eigenvalue weighted by Crippen LogP contribution is 2.15. The molecular weight excluding hydrogens is 280 g/mol. The average Bonchev–Trinajstić information content (AvgIpc) is 2.42. The van der Waals surface area contributed by atoms with Gasteiger partial charge in [-0.3, -0.25) is 4.79 Å². The summed E-state index contributed by atoms with van der Waals surface area (Å²) in [5.41, 5.74) is 1.20. The lowest BCUT2D eigenvalue weighted by Gasteiger charge is -2.23. The van der Waals surface area contributed by atoms with Gasteiger partial charge in [0.1, 0.15) is 0 Å². The van der Waals surface area contributed by atoms with Crippen LogP contribution in [0.15, 0.2) is 24.3 Å². The fourth-order valence-corrected chi connectivity index (χ4v) is 3.01. The zero-order valence-corrected chi connectivity index (χ0v) is 12.4. The monoisotopic (exact) mass is 298 g/mol. The van der Waals surface area contributed by atoms with Crippen molar-refractivity contribution in [3.63, 3.8) is 0 Å². The molecule has 5 heteroatoms. The Morgan fingerprint density at radius 1 is 1.42 bits per heavy atom. The Morgan fingerprint density at radius 2 is 2.21 bits per heavy atom. The summed E-state index contributed by atoms with van der Waals surface area (Å²) >= 11 is 7.46. The molecule has 1 aromatic carbocycles. The second-order valence-corrected chi connectivity index (χ2v) is 6.15. The van der Waals surface area contributed by atoms with Crippen molar-refractivity contribution in [1.82, 2.24) is 10.6 Å². The molecule has 1 heterocycles. The molecule has 2 rings (SSSR count). The van der Waals surface area contributed by atoms with Gasteiger partial charge in [0.15, 0.2) is 0 Å². The van der Waals surface area contributed by atoms with Crippen LogP contribution in [0.4, 0.5) is 0 Å². The van der Waals surface area contributed by atoms with Gasteiger partial charge in [-0.25, -0.2) is 0 Å². The summed E-state index contributed by atoms with van der Waals surface area (Å²) in [4.78, 5) is 11.8. The molecule has 0 aliphatic carbocycles. The molecule has 1 aliphatic rings. The summed E-state index contributed by atoms with van der Waals surface area (Å²) in [5, 5.41) is 7.11. The maximum absolute atomic E-state index is 11.8. The van der Waals surface area contributed by atoms with E-state index in [2.05, 4.69) is 10.6 Å². The molecule has 2 N–H and O–H groups in total. The van der Waals surface area contributed by atoms with Crippen molar-refractivity contribution in [1.29, 1.82) is 0 Å². The lowest BCUT2D eigenvalue weighted by atomic mass is 10.1. The van der Waals surface area contributed by atoms with Crippen molar-refractivity contribution in [2.45, 2.75) is 24.6 Å². The predicted molar refractivity (Wildman–Crippen MR) is 81.6 cm³/mol. The van der Waals surface area contributed by atoms with Crippen LogP contribution in [0.25, 0.3) is 0 Å². The zero-order chi connectivity index (χ0) is 13.5. The lowest BCUT2D eigenvalue weighted by molar-refractivity contribution is -0.119. The molecule has 0 saturated carbocycles. The van der Waals surface area contributed by atoms with Crippen molar-refractivity contribution in [3.8, 4) is 0 Å². The van der Waals surface area contributed by atoms with Gasteiger partial charge in [-0.05, 0) is 37.1 Å². The second kappa shape index (κ2) is 7.78. The molecule has 19 heavy (non-hydrogen) atoms. The maximum Gasteiger partial charge on any atom is 0.230 e. The van der Waals surface area contributed by atoms with Gasteiger partial charge < -0.3 is 10.6 Å². The quantitative estimate of drug-likeness (QED) is 0.877. The number of hydrogen-bond donors (Lipinski definition) is 2. The first-order valence-corrected chi connectivity index (χ1v) is 8.09. The van der Waals surface area contributed by atoms with E-state index >= 15 is 0 Å². The van der Waals surface area contributed by atoms with E-state index in [4.69, 9.17) is 11.6 Å². The number of thioether (sulfide) groups is 1. The van der Waals surface area contributed by atoms with Crippen LogP contribution in [0.3, 0.4) is 0 Å². The summed E-state index contributed by atoms with van der Waals surface area (Å²) in [5.74, 6) is 1.49. The number of halogens is 1. The fourth-order valence-electron chi connectivity index (χ4n) is 2.09. The van der Waals surface area contributed by atoms with Gasteiger partial charge in [0.2, 0.25) is 5.91 Å². The van der Waals surface area contributed by atoms with E-state index in [0.717, 1.165) is 36.7 Å². The van der Waals surface area contributed by atoms with Crippen LogP contribution in [-0.2, 0) is 10.5 Å². The van der Waals surface area contributed by atoms with Crippen molar-refractivity contribution in [2.75, 3.05) is 18.8 Å². The highest BCUT2D eigenvalue weighted by molar-refractivity contribution is 7.99. The van der Waals surface area contributed by atoms with Crippen LogP contribution in [0, 0.1) is 0 Å².